The first-order chi connectivity index (χ1) is 16.2. The minimum absolute atomic E-state index is 0.126. The van der Waals surface area contributed by atoms with Crippen LogP contribution in [0.15, 0.2) is 60.0 Å². The van der Waals surface area contributed by atoms with E-state index in [0.717, 1.165) is 17.7 Å². The molecule has 0 atom stereocenters. The Bertz CT molecular complexity index is 1330. The number of aromatic nitrogens is 5. The molecule has 176 valence electrons. The fraction of sp³-hybridized carbons (Fsp3) is 0.250. The molecule has 3 heterocycles. The van der Waals surface area contributed by atoms with Gasteiger partial charge in [0.05, 0.1) is 11.3 Å². The van der Waals surface area contributed by atoms with Crippen LogP contribution in [0.1, 0.15) is 34.2 Å². The molecular weight excluding hydrogens is 463 g/mol. The van der Waals surface area contributed by atoms with E-state index in [1.165, 1.54) is 17.8 Å². The smallest absolute Gasteiger partial charge is 0.318 e. The first kappa shape index (κ1) is 23.7. The predicted octanol–water partition coefficient (Wildman–Crippen LogP) is 5.76. The molecule has 4 aromatic rings. The second-order valence-corrected chi connectivity index (χ2v) is 8.61. The SMILES string of the molecule is CCn1c(SCC(=O)c2cc(C)n(-c3cccc(C(F)(F)F)c3)c2C)nnc1-c1ccncc1. The highest BCUT2D eigenvalue weighted by Crippen LogP contribution is 2.32. The van der Waals surface area contributed by atoms with E-state index in [9.17, 15) is 18.0 Å². The fourth-order valence-corrected chi connectivity index (χ4v) is 4.75. The van der Waals surface area contributed by atoms with Gasteiger partial charge in [-0.05, 0) is 57.2 Å². The van der Waals surface area contributed by atoms with Gasteiger partial charge in [0.25, 0.3) is 0 Å². The predicted molar refractivity (Wildman–Crippen MR) is 124 cm³/mol. The Hall–Kier alpha value is -3.40. The minimum atomic E-state index is -4.44. The third-order valence-corrected chi connectivity index (χ3v) is 6.43. The number of carbonyl (C=O) groups excluding carboxylic acids is 1. The summed E-state index contributed by atoms with van der Waals surface area (Å²) in [6.07, 6.45) is -1.08. The Morgan fingerprint density at radius 2 is 1.79 bits per heavy atom. The highest BCUT2D eigenvalue weighted by Gasteiger charge is 2.31. The average molecular weight is 486 g/mol. The molecule has 3 aromatic heterocycles. The lowest BCUT2D eigenvalue weighted by Crippen LogP contribution is -2.09. The van der Waals surface area contributed by atoms with Crippen LogP contribution in [-0.2, 0) is 12.7 Å². The number of Topliss-reactive ketones (excluding diaryl/α,β-unsaturated/α-hetero) is 1. The van der Waals surface area contributed by atoms with Crippen molar-refractivity contribution in [2.24, 2.45) is 0 Å². The lowest BCUT2D eigenvalue weighted by molar-refractivity contribution is -0.137. The number of benzene rings is 1. The van der Waals surface area contributed by atoms with Crippen molar-refractivity contribution in [1.82, 2.24) is 24.3 Å². The Kier molecular flexibility index (Phi) is 6.60. The summed E-state index contributed by atoms with van der Waals surface area (Å²) in [6.45, 7) is 6.11. The van der Waals surface area contributed by atoms with Gasteiger partial charge in [-0.3, -0.25) is 9.78 Å². The van der Waals surface area contributed by atoms with Crippen LogP contribution in [0.3, 0.4) is 0 Å². The van der Waals surface area contributed by atoms with Crippen molar-refractivity contribution in [2.75, 3.05) is 5.75 Å². The van der Waals surface area contributed by atoms with E-state index in [0.29, 0.717) is 40.2 Å². The second kappa shape index (κ2) is 9.46. The summed E-state index contributed by atoms with van der Waals surface area (Å²) in [5.74, 6) is 0.691. The summed E-state index contributed by atoms with van der Waals surface area (Å²) >= 11 is 1.28. The Morgan fingerprint density at radius 1 is 1.06 bits per heavy atom. The van der Waals surface area contributed by atoms with Crippen LogP contribution in [0.4, 0.5) is 13.2 Å². The van der Waals surface area contributed by atoms with Crippen LogP contribution in [0, 0.1) is 13.8 Å². The molecule has 6 nitrogen and oxygen atoms in total. The molecule has 1 aromatic carbocycles. The molecule has 0 aliphatic carbocycles. The monoisotopic (exact) mass is 485 g/mol. The fourth-order valence-electron chi connectivity index (χ4n) is 3.87. The van der Waals surface area contributed by atoms with Crippen molar-refractivity contribution < 1.29 is 18.0 Å². The van der Waals surface area contributed by atoms with Crippen molar-refractivity contribution in [3.05, 3.63) is 77.4 Å². The molecule has 0 bridgehead atoms. The molecule has 10 heteroatoms. The molecule has 0 aliphatic heterocycles. The van der Waals surface area contributed by atoms with Gasteiger partial charge < -0.3 is 9.13 Å². The molecule has 34 heavy (non-hydrogen) atoms. The van der Waals surface area contributed by atoms with Crippen molar-refractivity contribution in [3.8, 4) is 17.1 Å². The van der Waals surface area contributed by atoms with Crippen LogP contribution in [0.5, 0.6) is 0 Å². The number of hydrogen-bond donors (Lipinski definition) is 0. The number of carbonyl (C=O) groups is 1. The first-order valence-electron chi connectivity index (χ1n) is 10.6. The molecule has 0 radical (unpaired) electrons. The second-order valence-electron chi connectivity index (χ2n) is 7.67. The molecule has 0 unspecified atom stereocenters. The van der Waals surface area contributed by atoms with Crippen molar-refractivity contribution in [1.29, 1.82) is 0 Å². The summed E-state index contributed by atoms with van der Waals surface area (Å²) < 4.78 is 43.1. The van der Waals surface area contributed by atoms with E-state index in [2.05, 4.69) is 15.2 Å². The molecule has 0 aliphatic rings. The van der Waals surface area contributed by atoms with Crippen LogP contribution in [0.2, 0.25) is 0 Å². The summed E-state index contributed by atoms with van der Waals surface area (Å²) in [5.41, 5.74) is 2.26. The van der Waals surface area contributed by atoms with Gasteiger partial charge in [-0.2, -0.15) is 13.2 Å². The zero-order chi connectivity index (χ0) is 24.5. The van der Waals surface area contributed by atoms with E-state index in [-0.39, 0.29) is 11.5 Å². The number of ketones is 1. The third-order valence-electron chi connectivity index (χ3n) is 5.47. The lowest BCUT2D eigenvalue weighted by atomic mass is 10.1. The van der Waals surface area contributed by atoms with Gasteiger partial charge in [0.1, 0.15) is 0 Å². The van der Waals surface area contributed by atoms with Crippen molar-refractivity contribution in [2.45, 2.75) is 38.6 Å². The van der Waals surface area contributed by atoms with Crippen LogP contribution >= 0.6 is 11.8 Å². The normalized spacial score (nSPS) is 11.7. The van der Waals surface area contributed by atoms with E-state index < -0.39 is 11.7 Å². The number of halogens is 3. The zero-order valence-electron chi connectivity index (χ0n) is 18.8. The Labute approximate surface area is 198 Å². The van der Waals surface area contributed by atoms with Gasteiger partial charge in [-0.15, -0.1) is 10.2 Å². The molecule has 0 spiro atoms. The summed E-state index contributed by atoms with van der Waals surface area (Å²) in [5, 5.41) is 9.13. The van der Waals surface area contributed by atoms with Crippen LogP contribution in [-0.4, -0.2) is 35.9 Å². The van der Waals surface area contributed by atoms with Crippen LogP contribution in [0.25, 0.3) is 17.1 Å². The maximum atomic E-state index is 13.2. The third kappa shape index (κ3) is 4.63. The van der Waals surface area contributed by atoms with Gasteiger partial charge in [0.15, 0.2) is 16.8 Å². The molecule has 0 N–H and O–H groups in total. The van der Waals surface area contributed by atoms with Crippen LogP contribution < -0.4 is 0 Å². The Morgan fingerprint density at radius 3 is 2.47 bits per heavy atom. The maximum Gasteiger partial charge on any atom is 0.416 e. The molecule has 4 rings (SSSR count). The quantitative estimate of drug-likeness (QED) is 0.246. The highest BCUT2D eigenvalue weighted by atomic mass is 32.2. The summed E-state index contributed by atoms with van der Waals surface area (Å²) in [4.78, 5) is 17.1. The summed E-state index contributed by atoms with van der Waals surface area (Å²) in [7, 11) is 0. The zero-order valence-corrected chi connectivity index (χ0v) is 19.6. The minimum Gasteiger partial charge on any atom is -0.318 e. The van der Waals surface area contributed by atoms with E-state index in [1.807, 2.05) is 23.6 Å². The number of pyridine rings is 1. The Balaban J connectivity index is 1.56. The molecule has 0 saturated carbocycles. The topological polar surface area (TPSA) is 65.6 Å². The maximum absolute atomic E-state index is 13.2. The number of hydrogen-bond acceptors (Lipinski definition) is 5. The number of aryl methyl sites for hydroxylation is 1. The molecule has 0 fully saturated rings. The van der Waals surface area contributed by atoms with Crippen molar-refractivity contribution >= 4 is 17.5 Å². The molecule has 0 amide bonds. The number of rotatable bonds is 7. The van der Waals surface area contributed by atoms with Gasteiger partial charge >= 0.3 is 6.18 Å². The van der Waals surface area contributed by atoms with Gasteiger partial charge in [-0.25, -0.2) is 0 Å². The average Bonchev–Trinajstić information content (AvgIpc) is 3.37. The lowest BCUT2D eigenvalue weighted by Gasteiger charge is -2.13. The number of alkyl halides is 3. The molecular formula is C24H22F3N5OS. The summed E-state index contributed by atoms with van der Waals surface area (Å²) in [6, 6.07) is 10.5. The van der Waals surface area contributed by atoms with Gasteiger partial charge in [-0.1, -0.05) is 17.8 Å². The highest BCUT2D eigenvalue weighted by molar-refractivity contribution is 7.99. The van der Waals surface area contributed by atoms with Gasteiger partial charge in [0.2, 0.25) is 0 Å². The van der Waals surface area contributed by atoms with E-state index >= 15 is 0 Å². The van der Waals surface area contributed by atoms with E-state index in [4.69, 9.17) is 0 Å². The number of thioether (sulfide) groups is 1. The number of nitrogens with zero attached hydrogens (tertiary/aromatic N) is 5. The molecule has 0 saturated heterocycles. The standard InChI is InChI=1S/C24H22F3N5OS/c1-4-31-22(17-8-10-28-11-9-17)29-30-23(31)34-14-21(33)20-12-15(2)32(16(20)3)19-7-5-6-18(13-19)24(25,26)27/h5-13H,4,14H2,1-3H3. The first-order valence-corrected chi connectivity index (χ1v) is 11.6. The van der Waals surface area contributed by atoms with Gasteiger partial charge in [0, 0.05) is 47.1 Å². The largest absolute Gasteiger partial charge is 0.416 e. The van der Waals surface area contributed by atoms with Crippen molar-refractivity contribution in [3.63, 3.8) is 0 Å². The van der Waals surface area contributed by atoms with E-state index in [1.54, 1.807) is 42.9 Å².